The lowest BCUT2D eigenvalue weighted by molar-refractivity contribution is 0.627. The fourth-order valence-corrected chi connectivity index (χ4v) is 2.34. The summed E-state index contributed by atoms with van der Waals surface area (Å²) in [5.74, 6) is 24.6. The molecule has 0 radical (unpaired) electrons. The Morgan fingerprint density at radius 1 is 0.273 bits per heavy atom. The number of rotatable bonds is 0. The van der Waals surface area contributed by atoms with Gasteiger partial charge in [-0.05, 0) is 49.4 Å². The van der Waals surface area contributed by atoms with Crippen molar-refractivity contribution < 1.29 is 0 Å². The Morgan fingerprint density at radius 2 is 0.500 bits per heavy atom. The van der Waals surface area contributed by atoms with E-state index >= 15 is 0 Å². The zero-order chi connectivity index (χ0) is 15.6. The molecule has 0 fully saturated rings. The Kier molecular flexibility index (Phi) is 13.0. The van der Waals surface area contributed by atoms with Crippen molar-refractivity contribution in [1.29, 1.82) is 0 Å². The van der Waals surface area contributed by atoms with Crippen LogP contribution in [-0.2, 0) is 0 Å². The highest BCUT2D eigenvalue weighted by molar-refractivity contribution is 5.26. The Balaban J connectivity index is 2.28. The maximum atomic E-state index is 3.16. The van der Waals surface area contributed by atoms with Gasteiger partial charge < -0.3 is 0 Å². The fourth-order valence-electron chi connectivity index (χ4n) is 2.34. The molecule has 0 spiro atoms. The van der Waals surface area contributed by atoms with Crippen LogP contribution in [0.4, 0.5) is 0 Å². The zero-order valence-corrected chi connectivity index (χ0v) is 13.9. The molecular formula is C22H28. The van der Waals surface area contributed by atoms with E-state index < -0.39 is 0 Å². The summed E-state index contributed by atoms with van der Waals surface area (Å²) in [4.78, 5) is 0. The first-order valence-corrected chi connectivity index (χ1v) is 8.91. The number of hydrogen-bond acceptors (Lipinski definition) is 0. The molecule has 1 rings (SSSR count). The molecule has 0 saturated heterocycles. The smallest absolute Gasteiger partial charge is 0.00989 e. The van der Waals surface area contributed by atoms with Crippen LogP contribution in [0.3, 0.4) is 0 Å². The van der Waals surface area contributed by atoms with Crippen molar-refractivity contribution in [3.63, 3.8) is 0 Å². The predicted octanol–water partition coefficient (Wildman–Crippen LogP) is 5.48. The monoisotopic (exact) mass is 292 g/mol. The van der Waals surface area contributed by atoms with Crippen LogP contribution in [0.25, 0.3) is 0 Å². The molecule has 0 aromatic rings. The average molecular weight is 292 g/mol. The van der Waals surface area contributed by atoms with E-state index in [0.717, 1.165) is 25.7 Å². The quantitative estimate of drug-likeness (QED) is 0.519. The highest BCUT2D eigenvalue weighted by Gasteiger charge is 1.90. The molecule has 0 amide bonds. The third-order valence-electron chi connectivity index (χ3n) is 3.69. The summed E-state index contributed by atoms with van der Waals surface area (Å²) in [6.45, 7) is 0. The van der Waals surface area contributed by atoms with Crippen LogP contribution in [0.2, 0.25) is 0 Å². The highest BCUT2D eigenvalue weighted by atomic mass is 13.9. The van der Waals surface area contributed by atoms with Crippen molar-refractivity contribution in [2.24, 2.45) is 0 Å². The number of hydrogen-bond donors (Lipinski definition) is 0. The van der Waals surface area contributed by atoms with E-state index in [1.165, 1.54) is 64.2 Å². The maximum Gasteiger partial charge on any atom is 0.00989 e. The van der Waals surface area contributed by atoms with Gasteiger partial charge in [-0.2, -0.15) is 0 Å². The largest absolute Gasteiger partial charge is 0.0891 e. The molecule has 116 valence electrons. The minimum absolute atomic E-state index is 0.990. The van der Waals surface area contributed by atoms with Gasteiger partial charge in [0.2, 0.25) is 0 Å². The van der Waals surface area contributed by atoms with Crippen molar-refractivity contribution in [2.75, 3.05) is 0 Å². The predicted molar refractivity (Wildman–Crippen MR) is 95.7 cm³/mol. The van der Waals surface area contributed by atoms with Crippen LogP contribution < -0.4 is 0 Å². The highest BCUT2D eigenvalue weighted by Crippen LogP contribution is 2.07. The van der Waals surface area contributed by atoms with E-state index in [4.69, 9.17) is 0 Å². The molecule has 1 aliphatic carbocycles. The summed E-state index contributed by atoms with van der Waals surface area (Å²) >= 11 is 0. The van der Waals surface area contributed by atoms with E-state index in [-0.39, 0.29) is 0 Å². The Hall–Kier alpha value is -1.76. The van der Waals surface area contributed by atoms with Gasteiger partial charge in [-0.1, -0.05) is 62.2 Å². The summed E-state index contributed by atoms with van der Waals surface area (Å²) in [7, 11) is 0. The first-order chi connectivity index (χ1) is 11.0. The standard InChI is InChI=1S/C22H28/c1-2-4-6-8-10-12-14-16-18-20-22-21-19-17-15-13-11-9-7-5-3-1/h1-7,16-22H2. The van der Waals surface area contributed by atoms with Crippen molar-refractivity contribution in [2.45, 2.75) is 89.9 Å². The van der Waals surface area contributed by atoms with Gasteiger partial charge in [0.1, 0.15) is 0 Å². The van der Waals surface area contributed by atoms with E-state index in [1.54, 1.807) is 0 Å². The summed E-state index contributed by atoms with van der Waals surface area (Å²) in [5.41, 5.74) is 0. The Labute approximate surface area is 137 Å². The maximum absolute atomic E-state index is 3.16. The minimum Gasteiger partial charge on any atom is -0.0891 e. The molecule has 0 heterocycles. The van der Waals surface area contributed by atoms with E-state index in [2.05, 4.69) is 47.4 Å². The molecule has 0 atom stereocenters. The third-order valence-corrected chi connectivity index (χ3v) is 3.69. The molecule has 0 bridgehead atoms. The second-order valence-electron chi connectivity index (χ2n) is 5.74. The van der Waals surface area contributed by atoms with Crippen LogP contribution >= 0.6 is 0 Å². The lowest BCUT2D eigenvalue weighted by Crippen LogP contribution is -1.79. The topological polar surface area (TPSA) is 0 Å². The molecule has 0 aromatic carbocycles. The SMILES string of the molecule is C1#CCCCCCCCC#CC#CCCCCCCCC#C1. The van der Waals surface area contributed by atoms with Crippen LogP contribution in [0.1, 0.15) is 89.9 Å². The van der Waals surface area contributed by atoms with Crippen molar-refractivity contribution in [3.05, 3.63) is 0 Å². The lowest BCUT2D eigenvalue weighted by Gasteiger charge is -1.96. The molecule has 0 nitrogen and oxygen atoms in total. The lowest BCUT2D eigenvalue weighted by atomic mass is 10.1. The van der Waals surface area contributed by atoms with Gasteiger partial charge >= 0.3 is 0 Å². The van der Waals surface area contributed by atoms with Crippen LogP contribution in [0.5, 0.6) is 0 Å². The van der Waals surface area contributed by atoms with E-state index in [0.29, 0.717) is 0 Å². The first-order valence-electron chi connectivity index (χ1n) is 8.91. The Bertz CT molecular complexity index is 409. The minimum atomic E-state index is 0.990. The van der Waals surface area contributed by atoms with Gasteiger partial charge in [0, 0.05) is 25.7 Å². The molecule has 0 N–H and O–H groups in total. The summed E-state index contributed by atoms with van der Waals surface area (Å²) in [5, 5.41) is 0. The average Bonchev–Trinajstić information content (AvgIpc) is 2.53. The summed E-state index contributed by atoms with van der Waals surface area (Å²) in [6, 6.07) is 0. The van der Waals surface area contributed by atoms with Gasteiger partial charge in [-0.25, -0.2) is 0 Å². The van der Waals surface area contributed by atoms with Gasteiger partial charge in [-0.15, -0.1) is 0 Å². The summed E-state index contributed by atoms with van der Waals surface area (Å²) in [6.07, 6.45) is 16.4. The molecular weight excluding hydrogens is 264 g/mol. The van der Waals surface area contributed by atoms with Gasteiger partial charge in [0.15, 0.2) is 0 Å². The van der Waals surface area contributed by atoms with E-state index in [9.17, 15) is 0 Å². The Morgan fingerprint density at radius 3 is 0.773 bits per heavy atom. The molecule has 0 unspecified atom stereocenters. The normalized spacial score (nSPS) is 18.2. The van der Waals surface area contributed by atoms with Gasteiger partial charge in [0.05, 0.1) is 0 Å². The van der Waals surface area contributed by atoms with Crippen molar-refractivity contribution in [3.8, 4) is 47.4 Å². The van der Waals surface area contributed by atoms with Crippen LogP contribution in [0.15, 0.2) is 0 Å². The van der Waals surface area contributed by atoms with Gasteiger partial charge in [0.25, 0.3) is 0 Å². The molecule has 0 aromatic heterocycles. The zero-order valence-electron chi connectivity index (χ0n) is 13.9. The molecule has 0 saturated carbocycles. The molecule has 22 heavy (non-hydrogen) atoms. The second kappa shape index (κ2) is 15.6. The molecule has 1 aliphatic rings. The van der Waals surface area contributed by atoms with E-state index in [1.807, 2.05) is 0 Å². The fraction of sp³-hybridized carbons (Fsp3) is 0.636. The molecule has 0 heteroatoms. The van der Waals surface area contributed by atoms with Crippen LogP contribution in [-0.4, -0.2) is 0 Å². The first kappa shape index (κ1) is 18.3. The van der Waals surface area contributed by atoms with Crippen molar-refractivity contribution in [1.82, 2.24) is 0 Å². The van der Waals surface area contributed by atoms with Gasteiger partial charge in [-0.3, -0.25) is 0 Å². The van der Waals surface area contributed by atoms with Crippen LogP contribution in [0, 0.1) is 47.4 Å². The second-order valence-corrected chi connectivity index (χ2v) is 5.74. The van der Waals surface area contributed by atoms with Crippen molar-refractivity contribution >= 4 is 0 Å². The molecule has 0 aliphatic heterocycles. The summed E-state index contributed by atoms with van der Waals surface area (Å²) < 4.78 is 0. The third kappa shape index (κ3) is 13.2.